The van der Waals surface area contributed by atoms with Gasteiger partial charge < -0.3 is 5.32 Å². The first kappa shape index (κ1) is 12.5. The molecule has 1 N–H and O–H groups in total. The first-order valence-electron chi connectivity index (χ1n) is 5.24. The van der Waals surface area contributed by atoms with Gasteiger partial charge in [-0.15, -0.1) is 0 Å². The van der Waals surface area contributed by atoms with E-state index in [-0.39, 0.29) is 0 Å². The predicted molar refractivity (Wildman–Crippen MR) is 69.3 cm³/mol. The van der Waals surface area contributed by atoms with Crippen LogP contribution in [0.1, 0.15) is 5.56 Å². The third-order valence-electron chi connectivity index (χ3n) is 2.44. The number of hydrogen-bond donors (Lipinski definition) is 1. The van der Waals surface area contributed by atoms with Gasteiger partial charge in [-0.25, -0.2) is 10.1 Å². The van der Waals surface area contributed by atoms with E-state index in [0.717, 1.165) is 24.6 Å². The molecule has 92 valence electrons. The van der Waals surface area contributed by atoms with Crippen molar-refractivity contribution in [3.05, 3.63) is 33.8 Å². The predicted octanol–water partition coefficient (Wildman–Crippen LogP) is 2.32. The lowest BCUT2D eigenvalue weighted by molar-refractivity contribution is -0.0746. The Hall–Kier alpha value is -0.970. The second-order valence-electron chi connectivity index (χ2n) is 3.59. The van der Waals surface area contributed by atoms with Crippen molar-refractivity contribution >= 4 is 29.2 Å². The van der Waals surface area contributed by atoms with Gasteiger partial charge in [0.15, 0.2) is 0 Å². The van der Waals surface area contributed by atoms with Crippen molar-refractivity contribution in [3.63, 3.8) is 0 Å². The Kier molecular flexibility index (Phi) is 4.10. The van der Waals surface area contributed by atoms with Gasteiger partial charge in [-0.2, -0.15) is 0 Å². The summed E-state index contributed by atoms with van der Waals surface area (Å²) < 4.78 is 0. The number of benzene rings is 1. The molecule has 1 aliphatic rings. The topological polar surface area (TPSA) is 36.9 Å². The Bertz CT molecular complexity index is 437. The molecule has 0 radical (unpaired) electrons. The van der Waals surface area contributed by atoms with Crippen molar-refractivity contribution < 1.29 is 4.84 Å². The van der Waals surface area contributed by atoms with Gasteiger partial charge >= 0.3 is 0 Å². The zero-order valence-electron chi connectivity index (χ0n) is 9.41. The van der Waals surface area contributed by atoms with Crippen LogP contribution < -0.4 is 5.32 Å². The Morgan fingerprint density at radius 3 is 2.88 bits per heavy atom. The molecule has 1 heterocycles. The molecular weight excluding hydrogens is 261 g/mol. The van der Waals surface area contributed by atoms with Gasteiger partial charge in [0.05, 0.1) is 20.2 Å². The summed E-state index contributed by atoms with van der Waals surface area (Å²) in [6.45, 7) is 2.13. The molecule has 1 aromatic carbocycles. The normalized spacial score (nSPS) is 14.4. The molecule has 0 saturated carbocycles. The number of aliphatic imine (C=N–C) groups is 1. The van der Waals surface area contributed by atoms with Gasteiger partial charge in [-0.3, -0.25) is 4.84 Å². The summed E-state index contributed by atoms with van der Waals surface area (Å²) in [5, 5.41) is 6.06. The molecule has 1 aliphatic heterocycles. The maximum atomic E-state index is 6.11. The average Bonchev–Trinajstić information content (AvgIpc) is 2.81. The molecule has 0 bridgehead atoms. The van der Waals surface area contributed by atoms with Crippen molar-refractivity contribution in [3.8, 4) is 0 Å². The Balaban J connectivity index is 2.12. The van der Waals surface area contributed by atoms with E-state index in [2.05, 4.69) is 10.3 Å². The SMILES string of the molecule is CON(Cc1ccc(Cl)cc1Cl)C1=NCCN1. The van der Waals surface area contributed by atoms with Gasteiger partial charge in [0.1, 0.15) is 0 Å². The average molecular weight is 274 g/mol. The minimum absolute atomic E-state index is 0.526. The fourth-order valence-electron chi connectivity index (χ4n) is 1.58. The van der Waals surface area contributed by atoms with E-state index in [0.29, 0.717) is 16.6 Å². The Morgan fingerprint density at radius 1 is 1.47 bits per heavy atom. The van der Waals surface area contributed by atoms with Crippen LogP contribution in [0.4, 0.5) is 0 Å². The van der Waals surface area contributed by atoms with E-state index in [1.165, 1.54) is 0 Å². The van der Waals surface area contributed by atoms with Crippen LogP contribution in [-0.4, -0.2) is 31.2 Å². The smallest absolute Gasteiger partial charge is 0.218 e. The van der Waals surface area contributed by atoms with Crippen LogP contribution in [0.3, 0.4) is 0 Å². The van der Waals surface area contributed by atoms with Gasteiger partial charge in [0.25, 0.3) is 0 Å². The standard InChI is InChI=1S/C11H13Cl2N3O/c1-17-16(11-14-4-5-15-11)7-8-2-3-9(12)6-10(8)13/h2-3,6H,4-5,7H2,1H3,(H,14,15). The van der Waals surface area contributed by atoms with E-state index in [1.807, 2.05) is 6.07 Å². The molecule has 0 aliphatic carbocycles. The van der Waals surface area contributed by atoms with Crippen LogP contribution in [0.25, 0.3) is 0 Å². The molecule has 2 rings (SSSR count). The number of hydrogen-bond acceptors (Lipinski definition) is 4. The largest absolute Gasteiger partial charge is 0.353 e. The summed E-state index contributed by atoms with van der Waals surface area (Å²) in [5.41, 5.74) is 0.939. The van der Waals surface area contributed by atoms with Crippen LogP contribution >= 0.6 is 23.2 Å². The molecule has 17 heavy (non-hydrogen) atoms. The molecule has 0 saturated heterocycles. The second kappa shape index (κ2) is 5.58. The highest BCUT2D eigenvalue weighted by Gasteiger charge is 2.16. The van der Waals surface area contributed by atoms with Gasteiger partial charge in [0, 0.05) is 16.6 Å². The van der Waals surface area contributed by atoms with Gasteiger partial charge in [-0.1, -0.05) is 29.3 Å². The minimum Gasteiger partial charge on any atom is -0.353 e. The first-order chi connectivity index (χ1) is 8.20. The maximum absolute atomic E-state index is 6.11. The van der Waals surface area contributed by atoms with E-state index >= 15 is 0 Å². The zero-order chi connectivity index (χ0) is 12.3. The molecule has 0 unspecified atom stereocenters. The van der Waals surface area contributed by atoms with Crippen molar-refractivity contribution in [2.45, 2.75) is 6.54 Å². The Labute approximate surface area is 110 Å². The summed E-state index contributed by atoms with van der Waals surface area (Å²) in [5.74, 6) is 0.735. The van der Waals surface area contributed by atoms with Crippen LogP contribution in [0.15, 0.2) is 23.2 Å². The third-order valence-corrected chi connectivity index (χ3v) is 3.03. The van der Waals surface area contributed by atoms with Crippen LogP contribution in [0.2, 0.25) is 10.0 Å². The molecule has 0 aromatic heterocycles. The highest BCUT2D eigenvalue weighted by Crippen LogP contribution is 2.22. The zero-order valence-corrected chi connectivity index (χ0v) is 10.9. The van der Waals surface area contributed by atoms with Gasteiger partial charge in [-0.05, 0) is 17.7 Å². The highest BCUT2D eigenvalue weighted by atomic mass is 35.5. The number of nitrogens with zero attached hydrogens (tertiary/aromatic N) is 2. The Morgan fingerprint density at radius 2 is 2.29 bits per heavy atom. The summed E-state index contributed by atoms with van der Waals surface area (Å²) in [4.78, 5) is 9.56. The monoisotopic (exact) mass is 273 g/mol. The molecule has 4 nitrogen and oxygen atoms in total. The maximum Gasteiger partial charge on any atom is 0.218 e. The summed E-state index contributed by atoms with van der Waals surface area (Å²) in [6, 6.07) is 5.41. The fraction of sp³-hybridized carbons (Fsp3) is 0.364. The van der Waals surface area contributed by atoms with Crippen molar-refractivity contribution in [2.24, 2.45) is 4.99 Å². The van der Waals surface area contributed by atoms with Gasteiger partial charge in [0.2, 0.25) is 5.96 Å². The van der Waals surface area contributed by atoms with Crippen LogP contribution in [0.5, 0.6) is 0 Å². The van der Waals surface area contributed by atoms with E-state index in [1.54, 1.807) is 24.3 Å². The number of rotatable bonds is 3. The van der Waals surface area contributed by atoms with Crippen LogP contribution in [0, 0.1) is 0 Å². The second-order valence-corrected chi connectivity index (χ2v) is 4.43. The molecule has 0 atom stereocenters. The summed E-state index contributed by atoms with van der Waals surface area (Å²) >= 11 is 12.0. The quantitative estimate of drug-likeness (QED) is 0.859. The van der Waals surface area contributed by atoms with E-state index in [4.69, 9.17) is 28.0 Å². The van der Waals surface area contributed by atoms with Crippen molar-refractivity contribution in [2.75, 3.05) is 20.2 Å². The highest BCUT2D eigenvalue weighted by molar-refractivity contribution is 6.35. The number of halogens is 2. The summed E-state index contributed by atoms with van der Waals surface area (Å²) in [6.07, 6.45) is 0. The number of guanidine groups is 1. The van der Waals surface area contributed by atoms with Crippen molar-refractivity contribution in [1.29, 1.82) is 0 Å². The molecule has 1 aromatic rings. The number of hydroxylamine groups is 2. The molecule has 0 amide bonds. The minimum atomic E-state index is 0.526. The molecule has 6 heteroatoms. The first-order valence-corrected chi connectivity index (χ1v) is 6.00. The van der Waals surface area contributed by atoms with E-state index < -0.39 is 0 Å². The van der Waals surface area contributed by atoms with Crippen molar-refractivity contribution in [1.82, 2.24) is 10.4 Å². The molecule has 0 spiro atoms. The summed E-state index contributed by atoms with van der Waals surface area (Å²) in [7, 11) is 1.60. The fourth-order valence-corrected chi connectivity index (χ4v) is 2.05. The lowest BCUT2D eigenvalue weighted by Gasteiger charge is -2.21. The van der Waals surface area contributed by atoms with E-state index in [9.17, 15) is 0 Å². The molecule has 0 fully saturated rings. The lowest BCUT2D eigenvalue weighted by atomic mass is 10.2. The third kappa shape index (κ3) is 3.03. The van der Waals surface area contributed by atoms with Crippen LogP contribution in [-0.2, 0) is 11.4 Å². The molecular formula is C11H13Cl2N3O. The lowest BCUT2D eigenvalue weighted by Crippen LogP contribution is -2.37. The number of nitrogens with one attached hydrogen (secondary N) is 1.